The first-order valence-corrected chi connectivity index (χ1v) is 22.3. The second-order valence-corrected chi connectivity index (χ2v) is 15.4. The molecule has 324 valence electrons. The van der Waals surface area contributed by atoms with E-state index >= 15 is 0 Å². The molecule has 5 rings (SSSR count). The highest BCUT2D eigenvalue weighted by atomic mass is 15.4. The van der Waals surface area contributed by atoms with E-state index in [9.17, 15) is 0 Å². The van der Waals surface area contributed by atoms with Crippen LogP contribution in [0, 0.1) is 13.8 Å². The summed E-state index contributed by atoms with van der Waals surface area (Å²) in [6, 6.07) is 36.6. The van der Waals surface area contributed by atoms with Crippen LogP contribution in [0.15, 0.2) is 169 Å². The number of allylic oxidation sites excluding steroid dienone is 4. The van der Waals surface area contributed by atoms with Gasteiger partial charge in [-0.05, 0) is 86.6 Å². The number of imidazole rings is 1. The molecule has 0 N–H and O–H groups in total. The minimum atomic E-state index is 0.840. The Morgan fingerprint density at radius 1 is 0.639 bits per heavy atom. The highest BCUT2D eigenvalue weighted by Crippen LogP contribution is 2.21. The molecule has 0 fully saturated rings. The van der Waals surface area contributed by atoms with Crippen LogP contribution in [0.3, 0.4) is 0 Å². The first-order chi connectivity index (χ1) is 29.7. The van der Waals surface area contributed by atoms with Crippen LogP contribution in [0.1, 0.15) is 94.7 Å². The highest BCUT2D eigenvalue weighted by molar-refractivity contribution is 6.11. The van der Waals surface area contributed by atoms with Crippen molar-refractivity contribution < 1.29 is 4.57 Å². The average Bonchev–Trinajstić information content (AvgIpc) is 3.75. The fourth-order valence-electron chi connectivity index (χ4n) is 6.63. The fraction of sp³-hybridized carbons (Fsp3) is 0.352. The zero-order valence-electron chi connectivity index (χ0n) is 38.5. The van der Waals surface area contributed by atoms with E-state index < -0.39 is 0 Å². The van der Waals surface area contributed by atoms with Gasteiger partial charge in [-0.1, -0.05) is 157 Å². The van der Waals surface area contributed by atoms with Gasteiger partial charge in [-0.2, -0.15) is 10.2 Å². The van der Waals surface area contributed by atoms with E-state index in [0.29, 0.717) is 0 Å². The van der Waals surface area contributed by atoms with Crippen LogP contribution >= 0.6 is 0 Å². The highest BCUT2D eigenvalue weighted by Gasteiger charge is 2.07. The Hall–Kier alpha value is -5.95. The van der Waals surface area contributed by atoms with Gasteiger partial charge in [0.2, 0.25) is 6.33 Å². The normalized spacial score (nSPS) is 11.1. The maximum atomic E-state index is 4.52. The molecule has 7 nitrogen and oxygen atoms in total. The second kappa shape index (κ2) is 29.3. The third kappa shape index (κ3) is 18.9. The van der Waals surface area contributed by atoms with Crippen molar-refractivity contribution in [2.75, 3.05) is 36.1 Å². The van der Waals surface area contributed by atoms with Crippen molar-refractivity contribution in [3.63, 3.8) is 0 Å². The first kappa shape index (κ1) is 49.4. The van der Waals surface area contributed by atoms with Crippen molar-refractivity contribution in [1.82, 2.24) is 4.57 Å². The maximum Gasteiger partial charge on any atom is 0.243 e. The number of aryl methyl sites for hydroxylation is 4. The molecule has 1 aromatic heterocycles. The third-order valence-corrected chi connectivity index (χ3v) is 10.5. The molecule has 0 aliphatic rings. The standard InChI is InChI=1S/C19H20N2.C18H21N3.C17H33N2/c1-4-10-17(19-14-9-8-11-16(19)2)15-20-21(3)18-12-6-5-7-13-18;1-15-10-8-9-13-18(15)20(3)16(2)14-19-21(4)17-11-6-5-7-12-17;1-3-5-7-9-11-13-18-15-16-19(17-18)14-12-10-8-6-4-2/h4-15H,1H2,2-3H3;5-14H,2H2,1,3-4H3;15-17H,3-14H2,1-2H3/q;;+1/b17-10-,20-15+;19-14+;. The lowest BCUT2D eigenvalue weighted by Crippen LogP contribution is -2.30. The number of anilines is 3. The number of nitrogens with zero attached hydrogens (tertiary/aromatic N) is 7. The number of para-hydroxylation sites is 3. The van der Waals surface area contributed by atoms with Gasteiger partial charge in [0.05, 0.1) is 42.6 Å². The average molecular weight is 821 g/mol. The molecule has 0 aliphatic heterocycles. The van der Waals surface area contributed by atoms with E-state index in [1.54, 1.807) is 12.3 Å². The Morgan fingerprint density at radius 3 is 1.74 bits per heavy atom. The Bertz CT molecular complexity index is 2020. The Balaban J connectivity index is 0.000000244. The van der Waals surface area contributed by atoms with Crippen molar-refractivity contribution in [2.45, 2.75) is 105 Å². The summed E-state index contributed by atoms with van der Waals surface area (Å²) in [6.45, 7) is 19.0. The van der Waals surface area contributed by atoms with Crippen LogP contribution < -0.4 is 19.5 Å². The van der Waals surface area contributed by atoms with Gasteiger partial charge in [-0.25, -0.2) is 9.13 Å². The number of benzene rings is 4. The lowest BCUT2D eigenvalue weighted by Gasteiger charge is -2.21. The summed E-state index contributed by atoms with van der Waals surface area (Å²) >= 11 is 0. The topological polar surface area (TPSA) is 43.2 Å². The molecule has 7 heteroatoms. The molecule has 4 aromatic carbocycles. The van der Waals surface area contributed by atoms with E-state index in [1.165, 1.54) is 94.0 Å². The second-order valence-electron chi connectivity index (χ2n) is 15.4. The number of aromatic nitrogens is 2. The molecule has 0 atom stereocenters. The number of rotatable bonds is 22. The molecule has 0 aliphatic carbocycles. The minimum Gasteiger partial charge on any atom is -0.344 e. The van der Waals surface area contributed by atoms with Gasteiger partial charge in [0, 0.05) is 32.4 Å². The molecule has 0 bridgehead atoms. The molecule has 0 saturated carbocycles. The van der Waals surface area contributed by atoms with E-state index in [2.05, 4.69) is 103 Å². The van der Waals surface area contributed by atoms with Crippen LogP contribution in [0.5, 0.6) is 0 Å². The van der Waals surface area contributed by atoms with Crippen molar-refractivity contribution in [3.05, 3.63) is 176 Å². The van der Waals surface area contributed by atoms with Crippen LogP contribution in [-0.2, 0) is 13.1 Å². The Labute approximate surface area is 369 Å². The summed E-state index contributed by atoms with van der Waals surface area (Å²) in [5, 5.41) is 12.6. The SMILES string of the molecule is C=C(/C=N/N(C)c1ccccc1)N(C)c1ccccc1C.C=C/C=C(/C=N/N(C)c1ccccc1)c1ccccc1C.CCCCCCCn1cc[n+](CCCCCCC)c1. The van der Waals surface area contributed by atoms with Crippen molar-refractivity contribution >= 4 is 35.1 Å². The van der Waals surface area contributed by atoms with Gasteiger partial charge in [0.1, 0.15) is 12.4 Å². The van der Waals surface area contributed by atoms with Crippen molar-refractivity contribution in [3.8, 4) is 0 Å². The fourth-order valence-corrected chi connectivity index (χ4v) is 6.63. The molecule has 61 heavy (non-hydrogen) atoms. The van der Waals surface area contributed by atoms with Gasteiger partial charge in [0.25, 0.3) is 0 Å². The predicted molar refractivity (Wildman–Crippen MR) is 267 cm³/mol. The Kier molecular flexibility index (Phi) is 23.7. The number of unbranched alkanes of at least 4 members (excludes halogenated alkanes) is 8. The molecular formula is C54H74N7+. The van der Waals surface area contributed by atoms with E-state index in [-0.39, 0.29) is 0 Å². The summed E-state index contributed by atoms with van der Waals surface area (Å²) in [6.07, 6.45) is 27.8. The van der Waals surface area contributed by atoms with Crippen LogP contribution in [0.2, 0.25) is 0 Å². The quantitative estimate of drug-likeness (QED) is 0.0230. The van der Waals surface area contributed by atoms with Gasteiger partial charge >= 0.3 is 0 Å². The lowest BCUT2D eigenvalue weighted by atomic mass is 10.0. The monoisotopic (exact) mass is 821 g/mol. The molecule has 0 spiro atoms. The molecule has 0 amide bonds. The molecule has 1 heterocycles. The summed E-state index contributed by atoms with van der Waals surface area (Å²) in [7, 11) is 5.86. The molecular weight excluding hydrogens is 747 g/mol. The smallest absolute Gasteiger partial charge is 0.243 e. The number of hydrazone groups is 2. The van der Waals surface area contributed by atoms with Crippen LogP contribution in [0.25, 0.3) is 5.57 Å². The summed E-state index contributed by atoms with van der Waals surface area (Å²) in [5.41, 5.74) is 8.72. The maximum absolute atomic E-state index is 4.52. The summed E-state index contributed by atoms with van der Waals surface area (Å²) in [4.78, 5) is 2.04. The van der Waals surface area contributed by atoms with E-state index in [1.807, 2.05) is 133 Å². The first-order valence-electron chi connectivity index (χ1n) is 22.3. The van der Waals surface area contributed by atoms with Gasteiger partial charge in [-0.15, -0.1) is 0 Å². The zero-order chi connectivity index (χ0) is 44.1. The summed E-state index contributed by atoms with van der Waals surface area (Å²) < 4.78 is 4.69. The Morgan fingerprint density at radius 2 is 1.16 bits per heavy atom. The third-order valence-electron chi connectivity index (χ3n) is 10.5. The van der Waals surface area contributed by atoms with Crippen molar-refractivity contribution in [2.24, 2.45) is 10.2 Å². The largest absolute Gasteiger partial charge is 0.344 e. The van der Waals surface area contributed by atoms with E-state index in [0.717, 1.165) is 28.3 Å². The number of hydrogen-bond acceptors (Lipinski definition) is 5. The van der Waals surface area contributed by atoms with Crippen LogP contribution in [0.4, 0.5) is 17.1 Å². The molecule has 5 aromatic rings. The van der Waals surface area contributed by atoms with E-state index in [4.69, 9.17) is 0 Å². The zero-order valence-corrected chi connectivity index (χ0v) is 38.5. The van der Waals surface area contributed by atoms with Gasteiger partial charge < -0.3 is 4.90 Å². The van der Waals surface area contributed by atoms with Gasteiger partial charge in [-0.3, -0.25) is 10.0 Å². The minimum absolute atomic E-state index is 0.840. The van der Waals surface area contributed by atoms with Crippen molar-refractivity contribution in [1.29, 1.82) is 0 Å². The van der Waals surface area contributed by atoms with Gasteiger partial charge in [0.15, 0.2) is 0 Å². The lowest BCUT2D eigenvalue weighted by molar-refractivity contribution is -0.696. The van der Waals surface area contributed by atoms with Crippen LogP contribution in [-0.4, -0.2) is 38.1 Å². The number of hydrogen-bond donors (Lipinski definition) is 0. The summed E-state index contributed by atoms with van der Waals surface area (Å²) in [5.74, 6) is 0. The molecule has 0 unspecified atom stereocenters. The molecule has 0 saturated heterocycles. The predicted octanol–water partition coefficient (Wildman–Crippen LogP) is 13.5. The molecule has 0 radical (unpaired) electrons.